The van der Waals surface area contributed by atoms with Gasteiger partial charge in [0.25, 0.3) is 0 Å². The first-order valence-corrected chi connectivity index (χ1v) is 7.17. The van der Waals surface area contributed by atoms with Gasteiger partial charge in [0.2, 0.25) is 5.91 Å². The third-order valence-corrected chi connectivity index (χ3v) is 3.49. The Morgan fingerprint density at radius 1 is 1.50 bits per heavy atom. The molecule has 1 amide bonds. The van der Waals surface area contributed by atoms with Crippen LogP contribution in [0.1, 0.15) is 38.8 Å². The number of amides is 1. The highest BCUT2D eigenvalue weighted by Gasteiger charge is 2.13. The zero-order chi connectivity index (χ0) is 14.7. The average Bonchev–Trinajstić information content (AvgIpc) is 2.90. The fraction of sp³-hybridized carbons (Fsp3) is 0.643. The van der Waals surface area contributed by atoms with Crippen LogP contribution in [0.4, 0.5) is 0 Å². The maximum atomic E-state index is 11.9. The van der Waals surface area contributed by atoms with Crippen LogP contribution >= 0.6 is 0 Å². The van der Waals surface area contributed by atoms with Crippen LogP contribution in [0.3, 0.4) is 0 Å². The maximum Gasteiger partial charge on any atom is 0.222 e. The van der Waals surface area contributed by atoms with Crippen molar-refractivity contribution in [2.45, 2.75) is 52.6 Å². The van der Waals surface area contributed by atoms with Crippen molar-refractivity contribution in [3.63, 3.8) is 0 Å². The number of rotatable bonds is 6. The maximum absolute atomic E-state index is 11.9. The molecule has 0 aliphatic carbocycles. The zero-order valence-electron chi connectivity index (χ0n) is 12.7. The fourth-order valence-corrected chi connectivity index (χ4v) is 2.54. The topological polar surface area (TPSA) is 64.7 Å². The number of hydrogen-bond acceptors (Lipinski definition) is 3. The van der Waals surface area contributed by atoms with Gasteiger partial charge in [-0.2, -0.15) is 10.2 Å². The summed E-state index contributed by atoms with van der Waals surface area (Å²) in [6.07, 6.45) is 4.34. The average molecular weight is 277 g/mol. The summed E-state index contributed by atoms with van der Waals surface area (Å²) in [7, 11) is 1.90. The molecule has 2 rings (SSSR count). The quantitative estimate of drug-likeness (QED) is 0.875. The van der Waals surface area contributed by atoms with Crippen LogP contribution in [-0.2, 0) is 18.4 Å². The minimum absolute atomic E-state index is 0.0798. The summed E-state index contributed by atoms with van der Waals surface area (Å²) in [5.74, 6) is 0.0798. The molecular formula is C14H23N5O. The van der Waals surface area contributed by atoms with E-state index < -0.39 is 0 Å². The fourth-order valence-electron chi connectivity index (χ4n) is 2.54. The van der Waals surface area contributed by atoms with E-state index in [4.69, 9.17) is 0 Å². The van der Waals surface area contributed by atoms with E-state index in [0.29, 0.717) is 13.0 Å². The lowest BCUT2D eigenvalue weighted by molar-refractivity contribution is -0.121. The molecule has 110 valence electrons. The Morgan fingerprint density at radius 2 is 2.25 bits per heavy atom. The van der Waals surface area contributed by atoms with E-state index in [9.17, 15) is 4.79 Å². The van der Waals surface area contributed by atoms with Gasteiger partial charge in [-0.3, -0.25) is 14.2 Å². The van der Waals surface area contributed by atoms with Crippen LogP contribution in [0, 0.1) is 6.92 Å². The van der Waals surface area contributed by atoms with Gasteiger partial charge in [0, 0.05) is 19.5 Å². The Hall–Kier alpha value is -1.85. The van der Waals surface area contributed by atoms with Crippen LogP contribution in [0.15, 0.2) is 6.20 Å². The van der Waals surface area contributed by atoms with Crippen molar-refractivity contribution in [2.24, 2.45) is 7.05 Å². The lowest BCUT2D eigenvalue weighted by Gasteiger charge is -2.12. The molecule has 2 aromatic heterocycles. The Labute approximate surface area is 119 Å². The van der Waals surface area contributed by atoms with Gasteiger partial charge >= 0.3 is 0 Å². The number of nitrogens with zero attached hydrogens (tertiary/aromatic N) is 4. The molecule has 0 aromatic carbocycles. The van der Waals surface area contributed by atoms with Crippen LogP contribution in [0.2, 0.25) is 0 Å². The van der Waals surface area contributed by atoms with Crippen molar-refractivity contribution in [1.82, 2.24) is 24.9 Å². The van der Waals surface area contributed by atoms with Gasteiger partial charge in [0.05, 0.1) is 18.4 Å². The van der Waals surface area contributed by atoms with Crippen molar-refractivity contribution in [3.05, 3.63) is 11.9 Å². The molecule has 0 bridgehead atoms. The summed E-state index contributed by atoms with van der Waals surface area (Å²) in [5, 5.41) is 11.7. The number of carbonyl (C=O) groups excluding carboxylic acids is 1. The van der Waals surface area contributed by atoms with Crippen LogP contribution in [-0.4, -0.2) is 31.5 Å². The second-order valence-corrected chi connectivity index (χ2v) is 5.32. The largest absolute Gasteiger partial charge is 0.354 e. The van der Waals surface area contributed by atoms with Gasteiger partial charge in [0.15, 0.2) is 0 Å². The Bertz CT molecular complexity index is 598. The lowest BCUT2D eigenvalue weighted by Crippen LogP contribution is -2.32. The minimum atomic E-state index is 0.0798. The molecule has 1 atom stereocenters. The molecule has 0 fully saturated rings. The second-order valence-electron chi connectivity index (χ2n) is 5.32. The number of fused-ring (bicyclic) bond motifs is 1. The van der Waals surface area contributed by atoms with Gasteiger partial charge in [-0.25, -0.2) is 0 Å². The third kappa shape index (κ3) is 3.00. The van der Waals surface area contributed by atoms with E-state index in [1.807, 2.05) is 30.3 Å². The van der Waals surface area contributed by atoms with E-state index in [1.54, 1.807) is 6.20 Å². The smallest absolute Gasteiger partial charge is 0.222 e. The number of nitrogens with one attached hydrogen (secondary N) is 1. The second kappa shape index (κ2) is 6.07. The first kappa shape index (κ1) is 14.6. The summed E-state index contributed by atoms with van der Waals surface area (Å²) < 4.78 is 3.68. The number of carbonyl (C=O) groups is 1. The molecule has 6 heteroatoms. The van der Waals surface area contributed by atoms with Gasteiger partial charge in [-0.15, -0.1) is 0 Å². The summed E-state index contributed by atoms with van der Waals surface area (Å²) in [6.45, 7) is 6.71. The monoisotopic (exact) mass is 277 g/mol. The third-order valence-electron chi connectivity index (χ3n) is 3.49. The molecule has 2 aromatic rings. The normalized spacial score (nSPS) is 12.8. The molecule has 1 unspecified atom stereocenters. The van der Waals surface area contributed by atoms with Gasteiger partial charge in [-0.05, 0) is 20.3 Å². The molecule has 2 heterocycles. The molecule has 6 nitrogen and oxygen atoms in total. The Morgan fingerprint density at radius 3 is 2.95 bits per heavy atom. The van der Waals surface area contributed by atoms with Crippen molar-refractivity contribution in [1.29, 1.82) is 0 Å². The van der Waals surface area contributed by atoms with Crippen LogP contribution in [0.5, 0.6) is 0 Å². The molecule has 0 saturated heterocycles. The van der Waals surface area contributed by atoms with Crippen LogP contribution < -0.4 is 5.32 Å². The van der Waals surface area contributed by atoms with Gasteiger partial charge in [0.1, 0.15) is 11.0 Å². The highest BCUT2D eigenvalue weighted by atomic mass is 16.1. The zero-order valence-corrected chi connectivity index (χ0v) is 12.7. The van der Waals surface area contributed by atoms with Crippen molar-refractivity contribution in [3.8, 4) is 0 Å². The van der Waals surface area contributed by atoms with E-state index in [1.165, 1.54) is 0 Å². The first-order chi connectivity index (χ1) is 9.52. The van der Waals surface area contributed by atoms with Gasteiger partial charge < -0.3 is 5.32 Å². The summed E-state index contributed by atoms with van der Waals surface area (Å²) >= 11 is 0. The van der Waals surface area contributed by atoms with Crippen LogP contribution in [0.25, 0.3) is 11.0 Å². The summed E-state index contributed by atoms with van der Waals surface area (Å²) in [4.78, 5) is 11.9. The standard InChI is InChI=1S/C14H23N5O/c1-5-6-10(2)16-13(20)7-8-19-14-11(3)17-18(4)12(14)9-15-19/h9-10H,5-8H2,1-4H3,(H,16,20). The van der Waals surface area contributed by atoms with Crippen molar-refractivity contribution < 1.29 is 4.79 Å². The van der Waals surface area contributed by atoms with E-state index in [2.05, 4.69) is 22.4 Å². The SMILES string of the molecule is CCCC(C)NC(=O)CCn1ncc2c1c(C)nn2C. The predicted molar refractivity (Wildman–Crippen MR) is 78.4 cm³/mol. The van der Waals surface area contributed by atoms with E-state index in [0.717, 1.165) is 29.6 Å². The van der Waals surface area contributed by atoms with Crippen molar-refractivity contribution in [2.75, 3.05) is 0 Å². The lowest BCUT2D eigenvalue weighted by atomic mass is 10.2. The van der Waals surface area contributed by atoms with Crippen molar-refractivity contribution >= 4 is 16.9 Å². The molecule has 0 aliphatic rings. The molecule has 1 N–H and O–H groups in total. The Balaban J connectivity index is 1.97. The van der Waals surface area contributed by atoms with E-state index >= 15 is 0 Å². The molecule has 0 saturated carbocycles. The molecule has 0 radical (unpaired) electrons. The van der Waals surface area contributed by atoms with E-state index in [-0.39, 0.29) is 11.9 Å². The minimum Gasteiger partial charge on any atom is -0.354 e. The van der Waals surface area contributed by atoms with Gasteiger partial charge in [-0.1, -0.05) is 13.3 Å². The predicted octanol–water partition coefficient (Wildman–Crippen LogP) is 1.77. The molecule has 0 spiro atoms. The highest BCUT2D eigenvalue weighted by molar-refractivity contribution is 5.78. The summed E-state index contributed by atoms with van der Waals surface area (Å²) in [5.41, 5.74) is 2.96. The number of aromatic nitrogens is 4. The molecule has 20 heavy (non-hydrogen) atoms. The number of aryl methyl sites for hydroxylation is 3. The Kier molecular flexibility index (Phi) is 4.42. The highest BCUT2D eigenvalue weighted by Crippen LogP contribution is 2.16. The first-order valence-electron chi connectivity index (χ1n) is 7.17. The number of hydrogen-bond donors (Lipinski definition) is 1. The summed E-state index contributed by atoms with van der Waals surface area (Å²) in [6, 6.07) is 0.241. The molecular weight excluding hydrogens is 254 g/mol. The molecule has 0 aliphatic heterocycles.